The number of carbonyl (C=O) groups is 1. The molecular formula is C15H12O3. The van der Waals surface area contributed by atoms with Crippen LogP contribution in [-0.2, 0) is 0 Å². The second-order valence-corrected chi connectivity index (χ2v) is 4.24. The van der Waals surface area contributed by atoms with Crippen molar-refractivity contribution in [1.29, 1.82) is 0 Å². The lowest BCUT2D eigenvalue weighted by Gasteiger charge is -2.06. The number of rotatable bonds is 2. The van der Waals surface area contributed by atoms with E-state index < -0.39 is 0 Å². The van der Waals surface area contributed by atoms with E-state index in [0.717, 1.165) is 39.5 Å². The van der Waals surface area contributed by atoms with Crippen LogP contribution in [0.1, 0.15) is 16.1 Å². The lowest BCUT2D eigenvalue weighted by atomic mass is 10.0. The SMILES string of the molecule is COc1cc2c(C=O)cccc2c2oc(C)cc12. The zero-order valence-electron chi connectivity index (χ0n) is 10.2. The summed E-state index contributed by atoms with van der Waals surface area (Å²) in [4.78, 5) is 11.1. The van der Waals surface area contributed by atoms with Gasteiger partial charge < -0.3 is 9.15 Å². The van der Waals surface area contributed by atoms with Crippen molar-refractivity contribution in [3.05, 3.63) is 41.7 Å². The molecule has 3 nitrogen and oxygen atoms in total. The predicted molar refractivity (Wildman–Crippen MR) is 70.4 cm³/mol. The molecule has 0 aliphatic carbocycles. The Morgan fingerprint density at radius 3 is 2.72 bits per heavy atom. The molecule has 0 N–H and O–H groups in total. The zero-order chi connectivity index (χ0) is 12.7. The number of aldehydes is 1. The van der Waals surface area contributed by atoms with Gasteiger partial charge in [-0.05, 0) is 24.4 Å². The van der Waals surface area contributed by atoms with E-state index in [1.54, 1.807) is 13.2 Å². The summed E-state index contributed by atoms with van der Waals surface area (Å²) < 4.78 is 11.1. The van der Waals surface area contributed by atoms with E-state index in [1.807, 2.05) is 31.2 Å². The number of carbonyl (C=O) groups excluding carboxylic acids is 1. The van der Waals surface area contributed by atoms with Gasteiger partial charge >= 0.3 is 0 Å². The monoisotopic (exact) mass is 240 g/mol. The maximum Gasteiger partial charge on any atom is 0.150 e. The Hall–Kier alpha value is -2.29. The average molecular weight is 240 g/mol. The van der Waals surface area contributed by atoms with Crippen LogP contribution in [0.4, 0.5) is 0 Å². The van der Waals surface area contributed by atoms with Crippen LogP contribution in [-0.4, -0.2) is 13.4 Å². The summed E-state index contributed by atoms with van der Waals surface area (Å²) in [6.07, 6.45) is 0.851. The topological polar surface area (TPSA) is 39.4 Å². The second kappa shape index (κ2) is 3.88. The molecule has 2 aromatic carbocycles. The smallest absolute Gasteiger partial charge is 0.150 e. The lowest BCUT2D eigenvalue weighted by molar-refractivity contribution is 0.112. The van der Waals surface area contributed by atoms with E-state index >= 15 is 0 Å². The van der Waals surface area contributed by atoms with Crippen LogP contribution in [0, 0.1) is 6.92 Å². The van der Waals surface area contributed by atoms with E-state index in [4.69, 9.17) is 9.15 Å². The predicted octanol–water partition coefficient (Wildman–Crippen LogP) is 3.72. The first kappa shape index (κ1) is 10.8. The van der Waals surface area contributed by atoms with Crippen LogP contribution in [0.3, 0.4) is 0 Å². The van der Waals surface area contributed by atoms with Gasteiger partial charge in [-0.3, -0.25) is 4.79 Å². The van der Waals surface area contributed by atoms with E-state index in [-0.39, 0.29) is 0 Å². The fraction of sp³-hybridized carbons (Fsp3) is 0.133. The van der Waals surface area contributed by atoms with Crippen LogP contribution in [0.15, 0.2) is 34.7 Å². The fourth-order valence-electron chi connectivity index (χ4n) is 2.32. The Bertz CT molecular complexity index is 753. The Morgan fingerprint density at radius 2 is 2.00 bits per heavy atom. The first-order valence-corrected chi connectivity index (χ1v) is 5.69. The Labute approximate surface area is 104 Å². The van der Waals surface area contributed by atoms with Crippen molar-refractivity contribution >= 4 is 28.0 Å². The molecular weight excluding hydrogens is 228 g/mol. The Kier molecular flexibility index (Phi) is 2.33. The third-order valence-electron chi connectivity index (χ3n) is 3.13. The number of hydrogen-bond acceptors (Lipinski definition) is 3. The highest BCUT2D eigenvalue weighted by Crippen LogP contribution is 2.36. The molecule has 0 saturated heterocycles. The number of aryl methyl sites for hydroxylation is 1. The van der Waals surface area contributed by atoms with E-state index in [9.17, 15) is 4.79 Å². The highest BCUT2D eigenvalue weighted by atomic mass is 16.5. The minimum atomic E-state index is 0.641. The number of benzene rings is 2. The number of methoxy groups -OCH3 is 1. The molecule has 0 aliphatic rings. The van der Waals surface area contributed by atoms with Crippen LogP contribution in [0.5, 0.6) is 5.75 Å². The molecule has 0 bridgehead atoms. The summed E-state index contributed by atoms with van der Waals surface area (Å²) in [5.41, 5.74) is 1.41. The summed E-state index contributed by atoms with van der Waals surface area (Å²) in [5.74, 6) is 1.55. The van der Waals surface area contributed by atoms with Gasteiger partial charge in [-0.2, -0.15) is 0 Å². The maximum absolute atomic E-state index is 11.1. The van der Waals surface area contributed by atoms with Gasteiger partial charge in [0.15, 0.2) is 6.29 Å². The minimum Gasteiger partial charge on any atom is -0.496 e. The molecule has 0 saturated carbocycles. The molecule has 18 heavy (non-hydrogen) atoms. The third kappa shape index (κ3) is 1.40. The fourth-order valence-corrected chi connectivity index (χ4v) is 2.32. The molecule has 0 spiro atoms. The molecule has 3 aromatic rings. The van der Waals surface area contributed by atoms with Crippen molar-refractivity contribution in [2.24, 2.45) is 0 Å². The van der Waals surface area contributed by atoms with Crippen LogP contribution in [0.2, 0.25) is 0 Å². The Balaban J connectivity index is 2.57. The van der Waals surface area contributed by atoms with Crippen molar-refractivity contribution < 1.29 is 13.9 Å². The standard InChI is InChI=1S/C15H12O3/c1-9-6-13-14(17-2)7-12-10(8-16)4-3-5-11(12)15(13)18-9/h3-8H,1-2H3. The van der Waals surface area contributed by atoms with Crippen LogP contribution in [0.25, 0.3) is 21.7 Å². The summed E-state index contributed by atoms with van der Waals surface area (Å²) in [7, 11) is 1.62. The molecule has 3 heteroatoms. The summed E-state index contributed by atoms with van der Waals surface area (Å²) in [5, 5.41) is 2.72. The molecule has 1 heterocycles. The summed E-state index contributed by atoms with van der Waals surface area (Å²) in [6.45, 7) is 1.90. The molecule has 3 rings (SSSR count). The van der Waals surface area contributed by atoms with E-state index in [0.29, 0.717) is 5.56 Å². The number of fused-ring (bicyclic) bond motifs is 3. The minimum absolute atomic E-state index is 0.641. The van der Waals surface area contributed by atoms with Gasteiger partial charge in [0.1, 0.15) is 17.1 Å². The Morgan fingerprint density at radius 1 is 1.17 bits per heavy atom. The van der Waals surface area contributed by atoms with Gasteiger partial charge in [-0.1, -0.05) is 18.2 Å². The number of ether oxygens (including phenoxy) is 1. The lowest BCUT2D eigenvalue weighted by Crippen LogP contribution is -1.88. The van der Waals surface area contributed by atoms with Gasteiger partial charge in [-0.15, -0.1) is 0 Å². The largest absolute Gasteiger partial charge is 0.496 e. The molecule has 0 aliphatic heterocycles. The summed E-state index contributed by atoms with van der Waals surface area (Å²) in [6, 6.07) is 9.43. The highest BCUT2D eigenvalue weighted by molar-refractivity contribution is 6.12. The molecule has 1 aromatic heterocycles. The highest BCUT2D eigenvalue weighted by Gasteiger charge is 2.13. The van der Waals surface area contributed by atoms with Crippen molar-refractivity contribution in [2.45, 2.75) is 6.92 Å². The molecule has 90 valence electrons. The first-order valence-electron chi connectivity index (χ1n) is 5.69. The van der Waals surface area contributed by atoms with Crippen molar-refractivity contribution in [3.63, 3.8) is 0 Å². The van der Waals surface area contributed by atoms with Gasteiger partial charge in [0.2, 0.25) is 0 Å². The van der Waals surface area contributed by atoms with Crippen molar-refractivity contribution in [3.8, 4) is 5.75 Å². The van der Waals surface area contributed by atoms with E-state index in [2.05, 4.69) is 0 Å². The van der Waals surface area contributed by atoms with Gasteiger partial charge in [0.05, 0.1) is 12.5 Å². The van der Waals surface area contributed by atoms with Crippen LogP contribution >= 0.6 is 0 Å². The third-order valence-corrected chi connectivity index (χ3v) is 3.13. The number of hydrogen-bond donors (Lipinski definition) is 0. The maximum atomic E-state index is 11.1. The van der Waals surface area contributed by atoms with Gasteiger partial charge in [0, 0.05) is 10.9 Å². The zero-order valence-corrected chi connectivity index (χ0v) is 10.2. The molecule has 0 fully saturated rings. The second-order valence-electron chi connectivity index (χ2n) is 4.24. The first-order chi connectivity index (χ1) is 8.74. The quantitative estimate of drug-likeness (QED) is 0.641. The normalized spacial score (nSPS) is 11.0. The summed E-state index contributed by atoms with van der Waals surface area (Å²) >= 11 is 0. The number of furan rings is 1. The van der Waals surface area contributed by atoms with E-state index in [1.165, 1.54) is 0 Å². The van der Waals surface area contributed by atoms with Gasteiger partial charge in [0.25, 0.3) is 0 Å². The van der Waals surface area contributed by atoms with Gasteiger partial charge in [-0.25, -0.2) is 0 Å². The molecule has 0 unspecified atom stereocenters. The molecule has 0 amide bonds. The molecule has 0 atom stereocenters. The molecule has 0 radical (unpaired) electrons. The average Bonchev–Trinajstić information content (AvgIpc) is 2.78. The van der Waals surface area contributed by atoms with Crippen molar-refractivity contribution in [2.75, 3.05) is 7.11 Å². The van der Waals surface area contributed by atoms with Crippen LogP contribution < -0.4 is 4.74 Å². The van der Waals surface area contributed by atoms with Crippen molar-refractivity contribution in [1.82, 2.24) is 0 Å².